The van der Waals surface area contributed by atoms with Gasteiger partial charge >= 0.3 is 0 Å². The van der Waals surface area contributed by atoms with Crippen molar-refractivity contribution in [2.45, 2.75) is 6.92 Å². The minimum atomic E-state index is 0.707. The lowest BCUT2D eigenvalue weighted by atomic mass is 9.94. The number of hydrogen-bond acceptors (Lipinski definition) is 3. The molecule has 0 saturated carbocycles. The monoisotopic (exact) mass is 308 g/mol. The second-order valence-corrected chi connectivity index (χ2v) is 5.38. The summed E-state index contributed by atoms with van der Waals surface area (Å²) in [7, 11) is 4.96. The van der Waals surface area contributed by atoms with Crippen LogP contribution in [0.3, 0.4) is 0 Å². The Labute approximate surface area is 136 Å². The lowest BCUT2D eigenvalue weighted by molar-refractivity contribution is 0.377. The van der Waals surface area contributed by atoms with E-state index in [4.69, 9.17) is 14.2 Å². The fraction of sp³-hybridized carbons (Fsp3) is 0.200. The van der Waals surface area contributed by atoms with Crippen molar-refractivity contribution >= 4 is 10.8 Å². The van der Waals surface area contributed by atoms with E-state index in [0.29, 0.717) is 5.75 Å². The van der Waals surface area contributed by atoms with Gasteiger partial charge < -0.3 is 14.2 Å². The van der Waals surface area contributed by atoms with E-state index in [9.17, 15) is 0 Å². The first-order valence-electron chi connectivity index (χ1n) is 7.48. The number of ether oxygens (including phenoxy) is 3. The Morgan fingerprint density at radius 3 is 1.87 bits per heavy atom. The Morgan fingerprint density at radius 2 is 1.30 bits per heavy atom. The van der Waals surface area contributed by atoms with E-state index in [1.807, 2.05) is 18.2 Å². The molecule has 0 aliphatic heterocycles. The lowest BCUT2D eigenvalue weighted by Gasteiger charge is -2.17. The summed E-state index contributed by atoms with van der Waals surface area (Å²) in [5.41, 5.74) is 3.27. The van der Waals surface area contributed by atoms with Gasteiger partial charge in [0.25, 0.3) is 0 Å². The van der Waals surface area contributed by atoms with E-state index in [1.54, 1.807) is 21.3 Å². The van der Waals surface area contributed by atoms with Gasteiger partial charge in [0, 0.05) is 12.1 Å². The molecule has 3 rings (SSSR count). The third-order valence-corrected chi connectivity index (χ3v) is 4.13. The molecule has 3 aromatic rings. The van der Waals surface area contributed by atoms with Crippen LogP contribution >= 0.6 is 0 Å². The normalized spacial score (nSPS) is 10.6. The molecule has 0 radical (unpaired) electrons. The number of rotatable bonds is 4. The Morgan fingerprint density at radius 1 is 0.696 bits per heavy atom. The lowest BCUT2D eigenvalue weighted by Crippen LogP contribution is -1.96. The second-order valence-electron chi connectivity index (χ2n) is 5.38. The van der Waals surface area contributed by atoms with Crippen LogP contribution in [0.5, 0.6) is 17.2 Å². The minimum absolute atomic E-state index is 0.707. The molecule has 3 nitrogen and oxygen atoms in total. The van der Waals surface area contributed by atoms with Crippen LogP contribution in [0.15, 0.2) is 48.5 Å². The van der Waals surface area contributed by atoms with Crippen molar-refractivity contribution in [3.63, 3.8) is 0 Å². The van der Waals surface area contributed by atoms with Crippen molar-refractivity contribution in [3.05, 3.63) is 54.1 Å². The highest BCUT2D eigenvalue weighted by Crippen LogP contribution is 2.44. The molecule has 0 heterocycles. The van der Waals surface area contributed by atoms with Crippen LogP contribution in [-0.2, 0) is 0 Å². The van der Waals surface area contributed by atoms with Gasteiger partial charge in [-0.1, -0.05) is 36.4 Å². The predicted molar refractivity (Wildman–Crippen MR) is 93.8 cm³/mol. The number of fused-ring (bicyclic) bond motifs is 1. The third-order valence-electron chi connectivity index (χ3n) is 4.13. The maximum Gasteiger partial charge on any atom is 0.134 e. The average Bonchev–Trinajstić information content (AvgIpc) is 2.61. The van der Waals surface area contributed by atoms with Crippen LogP contribution in [0.2, 0.25) is 0 Å². The Balaban J connectivity index is 2.37. The van der Waals surface area contributed by atoms with Gasteiger partial charge in [-0.25, -0.2) is 0 Å². The summed E-state index contributed by atoms with van der Waals surface area (Å²) in [5, 5.41) is 2.40. The van der Waals surface area contributed by atoms with Gasteiger partial charge in [0.2, 0.25) is 0 Å². The molecule has 0 saturated heterocycles. The van der Waals surface area contributed by atoms with E-state index in [-0.39, 0.29) is 0 Å². The molecule has 0 atom stereocenters. The van der Waals surface area contributed by atoms with Crippen LogP contribution < -0.4 is 14.2 Å². The van der Waals surface area contributed by atoms with Crippen molar-refractivity contribution < 1.29 is 14.2 Å². The smallest absolute Gasteiger partial charge is 0.134 e. The summed E-state index contributed by atoms with van der Waals surface area (Å²) >= 11 is 0. The van der Waals surface area contributed by atoms with Gasteiger partial charge in [0.15, 0.2) is 0 Å². The van der Waals surface area contributed by atoms with Crippen molar-refractivity contribution in [2.75, 3.05) is 21.3 Å². The Hall–Kier alpha value is -2.68. The summed E-state index contributed by atoms with van der Waals surface area (Å²) < 4.78 is 16.5. The molecule has 3 heteroatoms. The van der Waals surface area contributed by atoms with Gasteiger partial charge in [0.05, 0.1) is 26.9 Å². The topological polar surface area (TPSA) is 27.7 Å². The van der Waals surface area contributed by atoms with E-state index >= 15 is 0 Å². The predicted octanol–water partition coefficient (Wildman–Crippen LogP) is 4.84. The van der Waals surface area contributed by atoms with Crippen LogP contribution in [-0.4, -0.2) is 21.3 Å². The van der Waals surface area contributed by atoms with E-state index in [0.717, 1.165) is 22.6 Å². The molecule has 0 unspecified atom stereocenters. The molecule has 118 valence electrons. The quantitative estimate of drug-likeness (QED) is 0.690. The number of hydrogen-bond donors (Lipinski definition) is 0. The minimum Gasteiger partial charge on any atom is -0.496 e. The fourth-order valence-corrected chi connectivity index (χ4v) is 2.94. The van der Waals surface area contributed by atoms with Crippen LogP contribution in [0, 0.1) is 6.92 Å². The van der Waals surface area contributed by atoms with E-state index in [2.05, 4.69) is 37.3 Å². The van der Waals surface area contributed by atoms with E-state index < -0.39 is 0 Å². The maximum atomic E-state index is 5.60. The van der Waals surface area contributed by atoms with Crippen LogP contribution in [0.4, 0.5) is 0 Å². The molecule has 0 aromatic heterocycles. The summed E-state index contributed by atoms with van der Waals surface area (Å²) in [6.45, 7) is 2.12. The van der Waals surface area contributed by atoms with Crippen molar-refractivity contribution in [1.29, 1.82) is 0 Å². The van der Waals surface area contributed by atoms with E-state index in [1.165, 1.54) is 16.3 Å². The largest absolute Gasteiger partial charge is 0.496 e. The van der Waals surface area contributed by atoms with Gasteiger partial charge in [0.1, 0.15) is 17.2 Å². The second kappa shape index (κ2) is 6.21. The summed E-state index contributed by atoms with van der Waals surface area (Å²) in [6.07, 6.45) is 0. The fourth-order valence-electron chi connectivity index (χ4n) is 2.94. The molecular weight excluding hydrogens is 288 g/mol. The Bertz CT molecular complexity index is 828. The zero-order valence-electron chi connectivity index (χ0n) is 13.8. The van der Waals surface area contributed by atoms with Crippen LogP contribution in [0.25, 0.3) is 21.9 Å². The first kappa shape index (κ1) is 15.2. The molecular formula is C20H20O3. The maximum absolute atomic E-state index is 5.60. The Kier molecular flexibility index (Phi) is 4.11. The summed E-state index contributed by atoms with van der Waals surface area (Å²) in [4.78, 5) is 0. The molecule has 0 bridgehead atoms. The molecule has 0 amide bonds. The summed E-state index contributed by atoms with van der Waals surface area (Å²) in [5.74, 6) is 2.17. The van der Waals surface area contributed by atoms with Gasteiger partial charge in [-0.2, -0.15) is 0 Å². The molecule has 0 N–H and O–H groups in total. The SMILES string of the molecule is COc1cc(OC)c(-c2ccc(C)c3ccccc23)c(OC)c1. The summed E-state index contributed by atoms with van der Waals surface area (Å²) in [6, 6.07) is 16.4. The molecule has 0 aliphatic carbocycles. The van der Waals surface area contributed by atoms with Crippen molar-refractivity contribution in [1.82, 2.24) is 0 Å². The highest BCUT2D eigenvalue weighted by molar-refractivity contribution is 6.01. The zero-order valence-corrected chi connectivity index (χ0v) is 13.8. The van der Waals surface area contributed by atoms with Gasteiger partial charge in [-0.05, 0) is 28.8 Å². The molecule has 0 spiro atoms. The first-order valence-corrected chi connectivity index (χ1v) is 7.48. The average molecular weight is 308 g/mol. The van der Waals surface area contributed by atoms with Crippen molar-refractivity contribution in [2.24, 2.45) is 0 Å². The molecule has 23 heavy (non-hydrogen) atoms. The molecule has 3 aromatic carbocycles. The highest BCUT2D eigenvalue weighted by atomic mass is 16.5. The number of benzene rings is 3. The van der Waals surface area contributed by atoms with Crippen molar-refractivity contribution in [3.8, 4) is 28.4 Å². The molecule has 0 fully saturated rings. The highest BCUT2D eigenvalue weighted by Gasteiger charge is 2.17. The zero-order chi connectivity index (χ0) is 16.4. The molecule has 0 aliphatic rings. The van der Waals surface area contributed by atoms with Gasteiger partial charge in [-0.15, -0.1) is 0 Å². The first-order chi connectivity index (χ1) is 11.2. The third kappa shape index (κ3) is 2.59. The number of aryl methyl sites for hydroxylation is 1. The number of methoxy groups -OCH3 is 3. The standard InChI is InChI=1S/C20H20O3/c1-13-9-10-17(16-8-6-5-7-15(13)16)20-18(22-3)11-14(21-2)12-19(20)23-4/h5-12H,1-4H3. The van der Waals surface area contributed by atoms with Crippen LogP contribution in [0.1, 0.15) is 5.56 Å². The van der Waals surface area contributed by atoms with Gasteiger partial charge in [-0.3, -0.25) is 0 Å².